The highest BCUT2D eigenvalue weighted by atomic mass is 16.5. The summed E-state index contributed by atoms with van der Waals surface area (Å²) in [6, 6.07) is 24.0. The smallest absolute Gasteiger partial charge is 0.326 e. The lowest BCUT2D eigenvalue weighted by atomic mass is 10.0. The fraction of sp³-hybridized carbons (Fsp3) is 0.355. The van der Waals surface area contributed by atoms with Crippen LogP contribution in [0, 0.1) is 0 Å². The molecule has 1 aliphatic heterocycles. The standard InChI is InChI=1S/C31H36N4O3/c1-3-34(4-2)30(36)24-15-13-23(14-16-24)26-9-5-8-12-29(26)38-22-21-33-19-17-25(18-20-33)35-28-11-7-6-10-27(28)32-31(35)37/h5-16,25H,3-4,17-22H2,1-2H3,(H,32,37). The largest absolute Gasteiger partial charge is 0.492 e. The van der Waals surface area contributed by atoms with Crippen LogP contribution in [0.15, 0.2) is 77.6 Å². The molecule has 2 heterocycles. The van der Waals surface area contributed by atoms with E-state index in [-0.39, 0.29) is 17.6 Å². The number of likely N-dealkylation sites (tertiary alicyclic amines) is 1. The highest BCUT2D eigenvalue weighted by molar-refractivity contribution is 5.94. The normalized spacial score (nSPS) is 14.6. The van der Waals surface area contributed by atoms with Crippen LogP contribution in [0.4, 0.5) is 0 Å². The summed E-state index contributed by atoms with van der Waals surface area (Å²) in [5, 5.41) is 0. The zero-order valence-corrected chi connectivity index (χ0v) is 22.2. The van der Waals surface area contributed by atoms with Gasteiger partial charge in [0.25, 0.3) is 5.91 Å². The number of carbonyl (C=O) groups is 1. The monoisotopic (exact) mass is 512 g/mol. The molecule has 7 nitrogen and oxygen atoms in total. The summed E-state index contributed by atoms with van der Waals surface area (Å²) in [7, 11) is 0. The van der Waals surface area contributed by atoms with Crippen LogP contribution >= 0.6 is 0 Å². The van der Waals surface area contributed by atoms with Gasteiger partial charge >= 0.3 is 5.69 Å². The van der Waals surface area contributed by atoms with Gasteiger partial charge in [-0.3, -0.25) is 14.3 Å². The summed E-state index contributed by atoms with van der Waals surface area (Å²) < 4.78 is 8.17. The number of hydrogen-bond acceptors (Lipinski definition) is 4. The number of nitrogens with zero attached hydrogens (tertiary/aromatic N) is 3. The number of aromatic nitrogens is 2. The van der Waals surface area contributed by atoms with Crippen molar-refractivity contribution in [2.24, 2.45) is 0 Å². The first-order valence-corrected chi connectivity index (χ1v) is 13.6. The van der Waals surface area contributed by atoms with Gasteiger partial charge in [0.2, 0.25) is 0 Å². The molecular formula is C31H36N4O3. The first-order chi connectivity index (χ1) is 18.6. The van der Waals surface area contributed by atoms with Crippen LogP contribution in [-0.4, -0.2) is 64.6 Å². The molecule has 38 heavy (non-hydrogen) atoms. The second kappa shape index (κ2) is 11.7. The third-order valence-corrected chi connectivity index (χ3v) is 7.59. The molecule has 0 spiro atoms. The molecule has 0 saturated carbocycles. The van der Waals surface area contributed by atoms with Gasteiger partial charge in [-0.15, -0.1) is 0 Å². The molecule has 1 amide bonds. The number of H-pyrrole nitrogens is 1. The van der Waals surface area contributed by atoms with Crippen LogP contribution in [0.3, 0.4) is 0 Å². The number of para-hydroxylation sites is 3. The number of carbonyl (C=O) groups excluding carboxylic acids is 1. The molecular weight excluding hydrogens is 476 g/mol. The summed E-state index contributed by atoms with van der Waals surface area (Å²) in [5.74, 6) is 0.903. The second-order valence-electron chi connectivity index (χ2n) is 9.79. The van der Waals surface area contributed by atoms with Crippen molar-refractivity contribution >= 4 is 16.9 Å². The van der Waals surface area contributed by atoms with Crippen LogP contribution in [0.25, 0.3) is 22.2 Å². The third-order valence-electron chi connectivity index (χ3n) is 7.59. The van der Waals surface area contributed by atoms with E-state index in [1.54, 1.807) is 0 Å². The van der Waals surface area contributed by atoms with Crippen molar-refractivity contribution < 1.29 is 9.53 Å². The van der Waals surface area contributed by atoms with E-state index in [1.165, 1.54) is 0 Å². The lowest BCUT2D eigenvalue weighted by Gasteiger charge is -2.32. The lowest BCUT2D eigenvalue weighted by Crippen LogP contribution is -2.38. The number of ether oxygens (including phenoxy) is 1. The van der Waals surface area contributed by atoms with Gasteiger partial charge in [0.05, 0.1) is 11.0 Å². The number of hydrogen-bond donors (Lipinski definition) is 1. The second-order valence-corrected chi connectivity index (χ2v) is 9.79. The third kappa shape index (κ3) is 5.38. The molecule has 1 fully saturated rings. The Hall–Kier alpha value is -3.84. The van der Waals surface area contributed by atoms with Gasteiger partial charge in [0.1, 0.15) is 12.4 Å². The molecule has 1 N–H and O–H groups in total. The summed E-state index contributed by atoms with van der Waals surface area (Å²) in [5.41, 5.74) is 4.62. The molecule has 0 radical (unpaired) electrons. The predicted molar refractivity (Wildman–Crippen MR) is 152 cm³/mol. The molecule has 0 aliphatic carbocycles. The molecule has 1 aliphatic rings. The van der Waals surface area contributed by atoms with E-state index in [9.17, 15) is 9.59 Å². The summed E-state index contributed by atoms with van der Waals surface area (Å²) in [4.78, 5) is 32.4. The number of benzene rings is 3. The van der Waals surface area contributed by atoms with Gasteiger partial charge in [-0.25, -0.2) is 4.79 Å². The van der Waals surface area contributed by atoms with E-state index in [4.69, 9.17) is 4.74 Å². The Morgan fingerprint density at radius 3 is 2.37 bits per heavy atom. The van der Waals surface area contributed by atoms with Crippen LogP contribution in [0.5, 0.6) is 5.75 Å². The minimum atomic E-state index is -0.0185. The summed E-state index contributed by atoms with van der Waals surface area (Å²) in [6.45, 7) is 8.69. The Bertz CT molecular complexity index is 1430. The van der Waals surface area contributed by atoms with E-state index in [0.717, 1.165) is 60.4 Å². The topological polar surface area (TPSA) is 70.6 Å². The minimum Gasteiger partial charge on any atom is -0.492 e. The maximum Gasteiger partial charge on any atom is 0.326 e. The van der Waals surface area contributed by atoms with Crippen molar-refractivity contribution in [2.45, 2.75) is 32.7 Å². The average Bonchev–Trinajstić information content (AvgIpc) is 3.30. The molecule has 3 aromatic carbocycles. The number of amides is 1. The molecule has 5 rings (SSSR count). The van der Waals surface area contributed by atoms with Crippen molar-refractivity contribution in [1.82, 2.24) is 19.4 Å². The number of nitrogens with one attached hydrogen (secondary N) is 1. The highest BCUT2D eigenvalue weighted by Gasteiger charge is 2.23. The summed E-state index contributed by atoms with van der Waals surface area (Å²) >= 11 is 0. The van der Waals surface area contributed by atoms with Gasteiger partial charge in [-0.05, 0) is 62.6 Å². The Kier molecular flexibility index (Phi) is 7.94. The summed E-state index contributed by atoms with van der Waals surface area (Å²) in [6.07, 6.45) is 1.88. The number of aromatic amines is 1. The lowest BCUT2D eigenvalue weighted by molar-refractivity contribution is 0.0773. The van der Waals surface area contributed by atoms with Crippen LogP contribution in [-0.2, 0) is 0 Å². The van der Waals surface area contributed by atoms with Crippen molar-refractivity contribution in [2.75, 3.05) is 39.3 Å². The number of fused-ring (bicyclic) bond motifs is 1. The number of imidazole rings is 1. The zero-order chi connectivity index (χ0) is 26.5. The SMILES string of the molecule is CCN(CC)C(=O)c1ccc(-c2ccccc2OCCN2CCC(n3c(=O)[nH]c4ccccc43)CC2)cc1. The van der Waals surface area contributed by atoms with E-state index in [1.807, 2.05) is 90.0 Å². The van der Waals surface area contributed by atoms with Gasteiger partial charge in [0, 0.05) is 49.9 Å². The van der Waals surface area contributed by atoms with Gasteiger partial charge in [-0.1, -0.05) is 42.5 Å². The molecule has 1 saturated heterocycles. The highest BCUT2D eigenvalue weighted by Crippen LogP contribution is 2.30. The quantitative estimate of drug-likeness (QED) is 0.335. The first kappa shape index (κ1) is 25.8. The van der Waals surface area contributed by atoms with Crippen molar-refractivity contribution in [3.63, 3.8) is 0 Å². The van der Waals surface area contributed by atoms with E-state index < -0.39 is 0 Å². The van der Waals surface area contributed by atoms with E-state index in [2.05, 4.69) is 16.0 Å². The fourth-order valence-electron chi connectivity index (χ4n) is 5.44. The maximum absolute atomic E-state index is 12.7. The molecule has 1 aromatic heterocycles. The Morgan fingerprint density at radius 2 is 1.63 bits per heavy atom. The molecule has 4 aromatic rings. The fourth-order valence-corrected chi connectivity index (χ4v) is 5.44. The van der Waals surface area contributed by atoms with E-state index in [0.29, 0.717) is 25.3 Å². The van der Waals surface area contributed by atoms with Crippen LogP contribution in [0.2, 0.25) is 0 Å². The minimum absolute atomic E-state index is 0.0185. The van der Waals surface area contributed by atoms with Crippen molar-refractivity contribution in [3.8, 4) is 16.9 Å². The van der Waals surface area contributed by atoms with Gasteiger partial charge in [0.15, 0.2) is 0 Å². The molecule has 7 heteroatoms. The number of piperidine rings is 1. The number of rotatable bonds is 9. The predicted octanol–water partition coefficient (Wildman–Crippen LogP) is 5.19. The first-order valence-electron chi connectivity index (χ1n) is 13.6. The maximum atomic E-state index is 12.7. The Morgan fingerprint density at radius 1 is 0.947 bits per heavy atom. The molecule has 198 valence electrons. The zero-order valence-electron chi connectivity index (χ0n) is 22.2. The van der Waals surface area contributed by atoms with Crippen molar-refractivity contribution in [3.05, 3.63) is 88.8 Å². The van der Waals surface area contributed by atoms with Crippen molar-refractivity contribution in [1.29, 1.82) is 0 Å². The molecule has 0 bridgehead atoms. The molecule has 0 atom stereocenters. The average molecular weight is 513 g/mol. The van der Waals surface area contributed by atoms with Gasteiger partial charge in [-0.2, -0.15) is 0 Å². The van der Waals surface area contributed by atoms with Gasteiger partial charge < -0.3 is 14.6 Å². The Balaban J connectivity index is 1.17. The van der Waals surface area contributed by atoms with Crippen LogP contribution in [0.1, 0.15) is 43.1 Å². The van der Waals surface area contributed by atoms with Crippen LogP contribution < -0.4 is 10.4 Å². The molecule has 0 unspecified atom stereocenters. The van der Waals surface area contributed by atoms with E-state index >= 15 is 0 Å². The Labute approximate surface area is 223 Å².